The molecule has 1 unspecified atom stereocenters. The lowest BCUT2D eigenvalue weighted by Gasteiger charge is -2.21. The van der Waals surface area contributed by atoms with Gasteiger partial charge in [0.1, 0.15) is 6.54 Å². The largest absolute Gasteiger partial charge is 0.375 e. The van der Waals surface area contributed by atoms with Crippen molar-refractivity contribution in [3.63, 3.8) is 0 Å². The lowest BCUT2D eigenvalue weighted by atomic mass is 10.0. The van der Waals surface area contributed by atoms with Crippen LogP contribution in [0.15, 0.2) is 29.9 Å². The number of carbonyl (C=O) groups excluding carboxylic acids is 1. The third-order valence-corrected chi connectivity index (χ3v) is 4.01. The van der Waals surface area contributed by atoms with Gasteiger partial charge in [0, 0.05) is 18.1 Å². The van der Waals surface area contributed by atoms with Crippen molar-refractivity contribution in [2.75, 3.05) is 12.4 Å². The third kappa shape index (κ3) is 3.60. The van der Waals surface area contributed by atoms with Crippen molar-refractivity contribution < 1.29 is 4.79 Å². The molecule has 2 heterocycles. The molecule has 6 heteroatoms. The first-order valence-corrected chi connectivity index (χ1v) is 7.51. The van der Waals surface area contributed by atoms with E-state index in [9.17, 15) is 4.79 Å². The normalized spacial score (nSPS) is 12.4. The zero-order valence-corrected chi connectivity index (χ0v) is 12.8. The number of nitrogens with one attached hydrogen (secondary N) is 2. The first-order valence-electron chi connectivity index (χ1n) is 6.63. The standard InChI is InChI=1S/C14H20N4OS/c1-10(2)14(12-5-4-6-20-12)17-11-7-16-18(8-11)9-13(19)15-3/h4-8,10,14,17H,9H2,1-3H3,(H,15,19). The number of aromatic nitrogens is 2. The van der Waals surface area contributed by atoms with Gasteiger partial charge >= 0.3 is 0 Å². The molecule has 1 amide bonds. The Morgan fingerprint density at radius 2 is 2.30 bits per heavy atom. The number of rotatable bonds is 6. The Balaban J connectivity index is 2.06. The van der Waals surface area contributed by atoms with Crippen molar-refractivity contribution in [3.05, 3.63) is 34.8 Å². The Hall–Kier alpha value is -1.82. The van der Waals surface area contributed by atoms with Gasteiger partial charge in [0.05, 0.1) is 17.9 Å². The predicted octanol–water partition coefficient (Wildman–Crippen LogP) is 2.50. The number of hydrogen-bond donors (Lipinski definition) is 2. The molecule has 2 aromatic heterocycles. The van der Waals surface area contributed by atoms with Crippen molar-refractivity contribution in [3.8, 4) is 0 Å². The molecule has 0 radical (unpaired) electrons. The summed E-state index contributed by atoms with van der Waals surface area (Å²) in [6.07, 6.45) is 3.62. The van der Waals surface area contributed by atoms with E-state index in [0.29, 0.717) is 5.92 Å². The SMILES string of the molecule is CNC(=O)Cn1cc(NC(c2cccs2)C(C)C)cn1. The van der Waals surface area contributed by atoms with E-state index < -0.39 is 0 Å². The van der Waals surface area contributed by atoms with Gasteiger partial charge < -0.3 is 10.6 Å². The van der Waals surface area contributed by atoms with Crippen molar-refractivity contribution in [1.29, 1.82) is 0 Å². The minimum absolute atomic E-state index is 0.0571. The smallest absolute Gasteiger partial charge is 0.241 e. The summed E-state index contributed by atoms with van der Waals surface area (Å²) >= 11 is 1.75. The molecule has 2 N–H and O–H groups in total. The van der Waals surface area contributed by atoms with E-state index in [-0.39, 0.29) is 18.5 Å². The molecule has 0 aliphatic carbocycles. The van der Waals surface area contributed by atoms with E-state index in [4.69, 9.17) is 0 Å². The number of carbonyl (C=O) groups is 1. The van der Waals surface area contributed by atoms with Crippen LogP contribution >= 0.6 is 11.3 Å². The van der Waals surface area contributed by atoms with Gasteiger partial charge in [-0.1, -0.05) is 19.9 Å². The lowest BCUT2D eigenvalue weighted by molar-refractivity contribution is -0.121. The number of amides is 1. The second-order valence-corrected chi connectivity index (χ2v) is 5.96. The molecule has 2 aromatic rings. The van der Waals surface area contributed by atoms with Crippen LogP contribution in [0.25, 0.3) is 0 Å². The first-order chi connectivity index (χ1) is 9.60. The van der Waals surface area contributed by atoms with Crippen LogP contribution in [0.2, 0.25) is 0 Å². The molecular formula is C14H20N4OS. The molecule has 2 rings (SSSR count). The second kappa shape index (κ2) is 6.56. The summed E-state index contributed by atoms with van der Waals surface area (Å²) in [5, 5.41) is 12.4. The van der Waals surface area contributed by atoms with Crippen molar-refractivity contribution in [2.45, 2.75) is 26.4 Å². The highest BCUT2D eigenvalue weighted by Crippen LogP contribution is 2.29. The minimum Gasteiger partial charge on any atom is -0.375 e. The summed E-state index contributed by atoms with van der Waals surface area (Å²) in [5.41, 5.74) is 0.931. The topological polar surface area (TPSA) is 59.0 Å². The lowest BCUT2D eigenvalue weighted by Crippen LogP contribution is -2.23. The predicted molar refractivity (Wildman–Crippen MR) is 81.8 cm³/mol. The molecule has 20 heavy (non-hydrogen) atoms. The zero-order valence-electron chi connectivity index (χ0n) is 12.0. The van der Waals surface area contributed by atoms with Crippen LogP contribution in [0.3, 0.4) is 0 Å². The fourth-order valence-electron chi connectivity index (χ4n) is 1.96. The number of likely N-dealkylation sites (N-methyl/N-ethyl adjacent to an activating group) is 1. The molecule has 5 nitrogen and oxygen atoms in total. The molecule has 1 atom stereocenters. The van der Waals surface area contributed by atoms with Gasteiger partial charge in [0.2, 0.25) is 5.91 Å². The van der Waals surface area contributed by atoms with Crippen molar-refractivity contribution in [2.24, 2.45) is 5.92 Å². The average molecular weight is 292 g/mol. The Bertz CT molecular complexity index is 547. The van der Waals surface area contributed by atoms with Gasteiger partial charge in [0.25, 0.3) is 0 Å². The fraction of sp³-hybridized carbons (Fsp3) is 0.429. The first kappa shape index (κ1) is 14.6. The maximum absolute atomic E-state index is 11.3. The van der Waals surface area contributed by atoms with E-state index in [2.05, 4.69) is 47.1 Å². The summed E-state index contributed by atoms with van der Waals surface area (Å²) in [5.74, 6) is 0.411. The van der Waals surface area contributed by atoms with E-state index >= 15 is 0 Å². The highest BCUT2D eigenvalue weighted by atomic mass is 32.1. The molecule has 108 valence electrons. The van der Waals surface area contributed by atoms with Crippen LogP contribution in [-0.4, -0.2) is 22.7 Å². The monoisotopic (exact) mass is 292 g/mol. The highest BCUT2D eigenvalue weighted by Gasteiger charge is 2.17. The average Bonchev–Trinajstić information content (AvgIpc) is 3.06. The Morgan fingerprint density at radius 1 is 1.50 bits per heavy atom. The van der Waals surface area contributed by atoms with Crippen LogP contribution in [0.1, 0.15) is 24.8 Å². The Labute approximate surface area is 123 Å². The quantitative estimate of drug-likeness (QED) is 0.860. The molecule has 0 saturated carbocycles. The Kier molecular flexibility index (Phi) is 4.79. The van der Waals surface area contributed by atoms with E-state index in [1.807, 2.05) is 6.20 Å². The van der Waals surface area contributed by atoms with E-state index in [1.165, 1.54) is 4.88 Å². The van der Waals surface area contributed by atoms with Gasteiger partial charge in [-0.3, -0.25) is 9.48 Å². The van der Waals surface area contributed by atoms with E-state index in [0.717, 1.165) is 5.69 Å². The minimum atomic E-state index is -0.0571. The van der Waals surface area contributed by atoms with Crippen LogP contribution in [0, 0.1) is 5.92 Å². The molecule has 0 aromatic carbocycles. The molecule has 0 aliphatic heterocycles. The van der Waals surface area contributed by atoms with Crippen LogP contribution in [-0.2, 0) is 11.3 Å². The number of anilines is 1. The van der Waals surface area contributed by atoms with Gasteiger partial charge in [-0.25, -0.2) is 0 Å². The highest BCUT2D eigenvalue weighted by molar-refractivity contribution is 7.10. The van der Waals surface area contributed by atoms with E-state index in [1.54, 1.807) is 29.3 Å². The van der Waals surface area contributed by atoms with Gasteiger partial charge in [-0.15, -0.1) is 11.3 Å². The maximum atomic E-state index is 11.3. The van der Waals surface area contributed by atoms with Crippen LogP contribution < -0.4 is 10.6 Å². The van der Waals surface area contributed by atoms with Crippen LogP contribution in [0.4, 0.5) is 5.69 Å². The number of nitrogens with zero attached hydrogens (tertiary/aromatic N) is 2. The molecule has 0 aliphatic rings. The summed E-state index contributed by atoms with van der Waals surface area (Å²) in [6.45, 7) is 4.61. The zero-order chi connectivity index (χ0) is 14.5. The summed E-state index contributed by atoms with van der Waals surface area (Å²) < 4.78 is 1.63. The van der Waals surface area contributed by atoms with Crippen molar-refractivity contribution >= 4 is 22.9 Å². The maximum Gasteiger partial charge on any atom is 0.241 e. The molecule has 0 saturated heterocycles. The fourth-order valence-corrected chi connectivity index (χ4v) is 2.91. The van der Waals surface area contributed by atoms with Crippen LogP contribution in [0.5, 0.6) is 0 Å². The Morgan fingerprint density at radius 3 is 2.90 bits per heavy atom. The summed E-state index contributed by atoms with van der Waals surface area (Å²) in [7, 11) is 1.62. The molecular weight excluding hydrogens is 272 g/mol. The number of hydrogen-bond acceptors (Lipinski definition) is 4. The molecule has 0 bridgehead atoms. The molecule has 0 spiro atoms. The second-order valence-electron chi connectivity index (χ2n) is 4.98. The van der Waals surface area contributed by atoms with Gasteiger partial charge in [0.15, 0.2) is 0 Å². The number of thiophene rings is 1. The van der Waals surface area contributed by atoms with Crippen molar-refractivity contribution in [1.82, 2.24) is 15.1 Å². The van der Waals surface area contributed by atoms with Gasteiger partial charge in [-0.2, -0.15) is 5.10 Å². The van der Waals surface area contributed by atoms with Gasteiger partial charge in [-0.05, 0) is 17.4 Å². The summed E-state index contributed by atoms with van der Waals surface area (Å²) in [6, 6.07) is 4.45. The molecule has 0 fully saturated rings. The summed E-state index contributed by atoms with van der Waals surface area (Å²) in [4.78, 5) is 12.6. The third-order valence-electron chi connectivity index (χ3n) is 3.06.